The number of benzene rings is 1. The molecule has 0 amide bonds. The van der Waals surface area contributed by atoms with E-state index in [0.29, 0.717) is 12.0 Å². The molecule has 0 aromatic heterocycles. The van der Waals surface area contributed by atoms with Crippen LogP contribution in [0.1, 0.15) is 16.8 Å². The van der Waals surface area contributed by atoms with Crippen molar-refractivity contribution < 1.29 is 4.79 Å². The van der Waals surface area contributed by atoms with Gasteiger partial charge in [0.1, 0.15) is 6.29 Å². The third kappa shape index (κ3) is 3.08. The Balaban J connectivity index is 1.88. The number of hydrogen-bond acceptors (Lipinski definition) is 4. The fraction of sp³-hybridized carbons (Fsp3) is 0.429. The van der Waals surface area contributed by atoms with E-state index in [1.807, 2.05) is 24.3 Å². The third-order valence-electron chi connectivity index (χ3n) is 3.31. The number of carbonyl (C=O) groups is 1. The molecule has 0 spiro atoms. The van der Waals surface area contributed by atoms with Gasteiger partial charge in [-0.3, -0.25) is 9.69 Å². The number of hydrogen-bond donors (Lipinski definition) is 0. The van der Waals surface area contributed by atoms with Crippen molar-refractivity contribution in [1.29, 1.82) is 5.26 Å². The molecule has 4 heteroatoms. The largest absolute Gasteiger partial charge is 0.369 e. The molecule has 0 unspecified atom stereocenters. The highest BCUT2D eigenvalue weighted by molar-refractivity contribution is 5.75. The van der Waals surface area contributed by atoms with Crippen molar-refractivity contribution in [3.63, 3.8) is 0 Å². The van der Waals surface area contributed by atoms with E-state index in [2.05, 4.69) is 15.9 Å². The highest BCUT2D eigenvalue weighted by atomic mass is 16.1. The maximum absolute atomic E-state index is 10.6. The van der Waals surface area contributed by atoms with Gasteiger partial charge in [-0.05, 0) is 24.3 Å². The van der Waals surface area contributed by atoms with Gasteiger partial charge in [0.25, 0.3) is 0 Å². The first-order valence-electron chi connectivity index (χ1n) is 6.23. The molecule has 94 valence electrons. The van der Waals surface area contributed by atoms with E-state index in [0.717, 1.165) is 39.0 Å². The predicted octanol–water partition coefficient (Wildman–Crippen LogP) is 1.53. The van der Waals surface area contributed by atoms with Crippen molar-refractivity contribution in [3.8, 4) is 6.07 Å². The molecule has 1 saturated heterocycles. The fourth-order valence-corrected chi connectivity index (χ4v) is 2.20. The monoisotopic (exact) mass is 243 g/mol. The smallest absolute Gasteiger partial charge is 0.150 e. The zero-order chi connectivity index (χ0) is 12.8. The molecule has 0 aliphatic carbocycles. The second kappa shape index (κ2) is 6.18. The predicted molar refractivity (Wildman–Crippen MR) is 70.7 cm³/mol. The summed E-state index contributed by atoms with van der Waals surface area (Å²) in [6.45, 7) is 4.82. The van der Waals surface area contributed by atoms with Crippen LogP contribution in [-0.2, 0) is 0 Å². The number of nitriles is 1. The molecule has 1 aliphatic heterocycles. The lowest BCUT2D eigenvalue weighted by molar-refractivity contribution is 0.112. The van der Waals surface area contributed by atoms with Gasteiger partial charge in [-0.1, -0.05) is 0 Å². The van der Waals surface area contributed by atoms with Gasteiger partial charge in [0.2, 0.25) is 0 Å². The minimum absolute atomic E-state index is 0.605. The van der Waals surface area contributed by atoms with E-state index < -0.39 is 0 Å². The molecule has 0 N–H and O–H groups in total. The van der Waals surface area contributed by atoms with Gasteiger partial charge in [0, 0.05) is 50.4 Å². The Kier molecular flexibility index (Phi) is 4.32. The summed E-state index contributed by atoms with van der Waals surface area (Å²) in [7, 11) is 0. The maximum atomic E-state index is 10.6. The molecule has 0 saturated carbocycles. The van der Waals surface area contributed by atoms with Gasteiger partial charge >= 0.3 is 0 Å². The SMILES string of the molecule is N#CCCN1CCN(c2ccc(C=O)cc2)CC1. The van der Waals surface area contributed by atoms with Crippen molar-refractivity contribution in [2.75, 3.05) is 37.6 Å². The molecule has 0 atom stereocenters. The number of anilines is 1. The van der Waals surface area contributed by atoms with Gasteiger partial charge in [-0.2, -0.15) is 5.26 Å². The number of aldehydes is 1. The Morgan fingerprint density at radius 2 is 1.83 bits per heavy atom. The van der Waals surface area contributed by atoms with Crippen LogP contribution in [-0.4, -0.2) is 43.9 Å². The average Bonchev–Trinajstić information content (AvgIpc) is 2.46. The summed E-state index contributed by atoms with van der Waals surface area (Å²) in [6.07, 6.45) is 1.47. The normalized spacial score (nSPS) is 16.3. The van der Waals surface area contributed by atoms with Crippen LogP contribution in [0.5, 0.6) is 0 Å². The van der Waals surface area contributed by atoms with Crippen LogP contribution < -0.4 is 4.90 Å². The van der Waals surface area contributed by atoms with Crippen LogP contribution in [0.15, 0.2) is 24.3 Å². The second-order valence-corrected chi connectivity index (χ2v) is 4.45. The summed E-state index contributed by atoms with van der Waals surface area (Å²) >= 11 is 0. The zero-order valence-electron chi connectivity index (χ0n) is 10.4. The molecule has 0 bridgehead atoms. The van der Waals surface area contributed by atoms with Gasteiger partial charge in [-0.25, -0.2) is 0 Å². The lowest BCUT2D eigenvalue weighted by Crippen LogP contribution is -2.46. The van der Waals surface area contributed by atoms with Crippen molar-refractivity contribution >= 4 is 12.0 Å². The van der Waals surface area contributed by atoms with Crippen LogP contribution >= 0.6 is 0 Å². The summed E-state index contributed by atoms with van der Waals surface area (Å²) in [5.41, 5.74) is 1.88. The summed E-state index contributed by atoms with van der Waals surface area (Å²) in [6, 6.07) is 9.87. The topological polar surface area (TPSA) is 47.3 Å². The van der Waals surface area contributed by atoms with Crippen LogP contribution in [0, 0.1) is 11.3 Å². The van der Waals surface area contributed by atoms with Crippen LogP contribution in [0.3, 0.4) is 0 Å². The van der Waals surface area contributed by atoms with Gasteiger partial charge in [0.05, 0.1) is 6.07 Å². The third-order valence-corrected chi connectivity index (χ3v) is 3.31. The Labute approximate surface area is 107 Å². The van der Waals surface area contributed by atoms with Crippen molar-refractivity contribution in [2.24, 2.45) is 0 Å². The molecule has 18 heavy (non-hydrogen) atoms. The van der Waals surface area contributed by atoms with Gasteiger partial charge in [-0.15, -0.1) is 0 Å². The molecule has 1 aromatic carbocycles. The number of rotatable bonds is 4. The van der Waals surface area contributed by atoms with Crippen molar-refractivity contribution in [1.82, 2.24) is 4.90 Å². The van der Waals surface area contributed by atoms with Crippen LogP contribution in [0.2, 0.25) is 0 Å². The first-order chi connectivity index (χ1) is 8.83. The van der Waals surface area contributed by atoms with Gasteiger partial charge in [0.15, 0.2) is 0 Å². The molecular formula is C14H17N3O. The molecule has 0 radical (unpaired) electrons. The summed E-state index contributed by atoms with van der Waals surface area (Å²) in [4.78, 5) is 15.2. The second-order valence-electron chi connectivity index (χ2n) is 4.45. The quantitative estimate of drug-likeness (QED) is 0.752. The van der Waals surface area contributed by atoms with Gasteiger partial charge < -0.3 is 4.90 Å². The van der Waals surface area contributed by atoms with Crippen LogP contribution in [0.25, 0.3) is 0 Å². The standard InChI is InChI=1S/C14H17N3O/c15-6-1-7-16-8-10-17(11-9-16)14-4-2-13(12-18)3-5-14/h2-5,12H,1,7-11H2. The molecule has 1 aliphatic rings. The summed E-state index contributed by atoms with van der Waals surface area (Å²) < 4.78 is 0. The molecule has 1 heterocycles. The Bertz CT molecular complexity index is 427. The minimum atomic E-state index is 0.605. The molecular weight excluding hydrogens is 226 g/mol. The average molecular weight is 243 g/mol. The Morgan fingerprint density at radius 1 is 1.17 bits per heavy atom. The number of carbonyl (C=O) groups excluding carboxylic acids is 1. The molecule has 4 nitrogen and oxygen atoms in total. The fourth-order valence-electron chi connectivity index (χ4n) is 2.20. The summed E-state index contributed by atoms with van der Waals surface area (Å²) in [5, 5.41) is 8.56. The zero-order valence-corrected chi connectivity index (χ0v) is 10.4. The highest BCUT2D eigenvalue weighted by Crippen LogP contribution is 2.16. The van der Waals surface area contributed by atoms with E-state index in [1.54, 1.807) is 0 Å². The Morgan fingerprint density at radius 3 is 2.39 bits per heavy atom. The lowest BCUT2D eigenvalue weighted by Gasteiger charge is -2.35. The maximum Gasteiger partial charge on any atom is 0.150 e. The molecule has 1 fully saturated rings. The lowest BCUT2D eigenvalue weighted by atomic mass is 10.2. The van der Waals surface area contributed by atoms with E-state index in [1.165, 1.54) is 5.69 Å². The van der Waals surface area contributed by atoms with E-state index in [9.17, 15) is 4.79 Å². The van der Waals surface area contributed by atoms with E-state index in [-0.39, 0.29) is 0 Å². The van der Waals surface area contributed by atoms with Crippen LogP contribution in [0.4, 0.5) is 5.69 Å². The van der Waals surface area contributed by atoms with E-state index >= 15 is 0 Å². The van der Waals surface area contributed by atoms with Crippen molar-refractivity contribution in [2.45, 2.75) is 6.42 Å². The van der Waals surface area contributed by atoms with E-state index in [4.69, 9.17) is 5.26 Å². The first-order valence-corrected chi connectivity index (χ1v) is 6.23. The minimum Gasteiger partial charge on any atom is -0.369 e. The molecule has 2 rings (SSSR count). The first kappa shape index (κ1) is 12.6. The number of nitrogens with zero attached hydrogens (tertiary/aromatic N) is 3. The highest BCUT2D eigenvalue weighted by Gasteiger charge is 2.16. The molecule has 1 aromatic rings. The number of piperazine rings is 1. The Hall–Kier alpha value is -1.86. The summed E-state index contributed by atoms with van der Waals surface area (Å²) in [5.74, 6) is 0. The van der Waals surface area contributed by atoms with Crippen molar-refractivity contribution in [3.05, 3.63) is 29.8 Å².